The average molecular weight is 279 g/mol. The fourth-order valence-corrected chi connectivity index (χ4v) is 4.07. The van der Waals surface area contributed by atoms with Crippen molar-refractivity contribution in [3.05, 3.63) is 12.2 Å². The van der Waals surface area contributed by atoms with Crippen LogP contribution in [-0.4, -0.2) is 19.1 Å². The van der Waals surface area contributed by atoms with Crippen LogP contribution in [0.4, 0.5) is 0 Å². The van der Waals surface area contributed by atoms with Gasteiger partial charge in [-0.2, -0.15) is 0 Å². The smallest absolute Gasteiger partial charge is 0.305 e. The first-order valence-electron chi connectivity index (χ1n) is 7.94. The molecule has 0 aromatic carbocycles. The number of carbonyl (C=O) groups is 1. The molecule has 0 aromatic heterocycles. The summed E-state index contributed by atoms with van der Waals surface area (Å²) in [4.78, 5) is 11.0. The number of hydrogen-bond donors (Lipinski definition) is 1. The third-order valence-corrected chi connectivity index (χ3v) is 5.73. The van der Waals surface area contributed by atoms with Crippen molar-refractivity contribution in [2.75, 3.05) is 7.11 Å². The zero-order chi connectivity index (χ0) is 14.8. The van der Waals surface area contributed by atoms with E-state index in [0.717, 1.165) is 31.1 Å². The van der Waals surface area contributed by atoms with Gasteiger partial charge in [-0.1, -0.05) is 26.0 Å². The van der Waals surface area contributed by atoms with Crippen LogP contribution < -0.4 is 5.73 Å². The molecular formula is C17H29NO2. The molecule has 3 rings (SSSR count). The third-order valence-electron chi connectivity index (χ3n) is 5.73. The van der Waals surface area contributed by atoms with Crippen molar-refractivity contribution in [3.63, 3.8) is 0 Å². The van der Waals surface area contributed by atoms with Crippen LogP contribution in [0.5, 0.6) is 0 Å². The Morgan fingerprint density at radius 1 is 1.35 bits per heavy atom. The van der Waals surface area contributed by atoms with E-state index in [0.29, 0.717) is 23.8 Å². The van der Waals surface area contributed by atoms with Crippen molar-refractivity contribution in [2.24, 2.45) is 28.9 Å². The van der Waals surface area contributed by atoms with E-state index in [4.69, 9.17) is 5.73 Å². The highest BCUT2D eigenvalue weighted by atomic mass is 16.5. The summed E-state index contributed by atoms with van der Waals surface area (Å²) in [5.41, 5.74) is 6.91. The highest BCUT2D eigenvalue weighted by Crippen LogP contribution is 2.60. The van der Waals surface area contributed by atoms with Gasteiger partial charge in [0.05, 0.1) is 7.11 Å². The molecule has 3 aliphatic carbocycles. The van der Waals surface area contributed by atoms with Crippen LogP contribution in [-0.2, 0) is 9.53 Å². The quantitative estimate of drug-likeness (QED) is 0.461. The SMILES string of the molecule is COC(=O)CCC/C=C\C[C@H]1C[C@@H]2C[C@H]([C@@H]1N)C2(C)C. The number of allylic oxidation sites excluding steroid dienone is 2. The summed E-state index contributed by atoms with van der Waals surface area (Å²) in [7, 11) is 1.44. The second-order valence-corrected chi connectivity index (χ2v) is 7.11. The molecule has 0 aliphatic heterocycles. The fraction of sp³-hybridized carbons (Fsp3) is 0.824. The van der Waals surface area contributed by atoms with Crippen LogP contribution in [0, 0.1) is 23.2 Å². The Morgan fingerprint density at radius 2 is 2.10 bits per heavy atom. The van der Waals surface area contributed by atoms with Gasteiger partial charge in [0.1, 0.15) is 0 Å². The van der Waals surface area contributed by atoms with Gasteiger partial charge in [0, 0.05) is 12.5 Å². The molecule has 0 aromatic rings. The van der Waals surface area contributed by atoms with Gasteiger partial charge in [-0.15, -0.1) is 0 Å². The predicted octanol–water partition coefficient (Wildman–Crippen LogP) is 3.29. The van der Waals surface area contributed by atoms with Gasteiger partial charge in [-0.25, -0.2) is 0 Å². The molecule has 114 valence electrons. The molecule has 3 saturated carbocycles. The highest BCUT2D eigenvalue weighted by Gasteiger charge is 2.56. The van der Waals surface area contributed by atoms with Crippen LogP contribution >= 0.6 is 0 Å². The van der Waals surface area contributed by atoms with Gasteiger partial charge in [-0.3, -0.25) is 4.79 Å². The van der Waals surface area contributed by atoms with Crippen molar-refractivity contribution in [2.45, 2.75) is 58.4 Å². The number of nitrogens with two attached hydrogens (primary N) is 1. The van der Waals surface area contributed by atoms with Crippen LogP contribution in [0.2, 0.25) is 0 Å². The molecule has 2 N–H and O–H groups in total. The molecule has 4 atom stereocenters. The largest absolute Gasteiger partial charge is 0.469 e. The van der Waals surface area contributed by atoms with E-state index >= 15 is 0 Å². The third kappa shape index (κ3) is 3.08. The van der Waals surface area contributed by atoms with Gasteiger partial charge < -0.3 is 10.5 Å². The standard InChI is InChI=1S/C17H29NO2/c1-17(2)13-10-12(16(18)14(17)11-13)8-6-4-5-7-9-15(19)20-3/h4,6,12-14,16H,5,7-11,18H2,1-3H3/b6-4-/t12-,13+,14+,16+/m0/s1. The van der Waals surface area contributed by atoms with E-state index in [1.54, 1.807) is 0 Å². The highest BCUT2D eigenvalue weighted by molar-refractivity contribution is 5.69. The molecule has 3 aliphatic rings. The van der Waals surface area contributed by atoms with Crippen molar-refractivity contribution in [1.82, 2.24) is 0 Å². The van der Waals surface area contributed by atoms with Gasteiger partial charge in [-0.05, 0) is 55.3 Å². The summed E-state index contributed by atoms with van der Waals surface area (Å²) in [6.07, 6.45) is 10.5. The molecule has 20 heavy (non-hydrogen) atoms. The number of methoxy groups -OCH3 is 1. The molecular weight excluding hydrogens is 250 g/mol. The van der Waals surface area contributed by atoms with E-state index in [1.165, 1.54) is 20.0 Å². The Labute approximate surface area is 122 Å². The van der Waals surface area contributed by atoms with Crippen LogP contribution in [0.25, 0.3) is 0 Å². The zero-order valence-electron chi connectivity index (χ0n) is 13.1. The summed E-state index contributed by atoms with van der Waals surface area (Å²) >= 11 is 0. The summed E-state index contributed by atoms with van der Waals surface area (Å²) in [5, 5.41) is 0. The summed E-state index contributed by atoms with van der Waals surface area (Å²) in [5.74, 6) is 2.14. The van der Waals surface area contributed by atoms with Gasteiger partial charge in [0.25, 0.3) is 0 Å². The zero-order valence-corrected chi connectivity index (χ0v) is 13.1. The summed E-state index contributed by atoms with van der Waals surface area (Å²) in [6, 6.07) is 0.370. The molecule has 3 heteroatoms. The molecule has 2 bridgehead atoms. The lowest BCUT2D eigenvalue weighted by atomic mass is 9.45. The van der Waals surface area contributed by atoms with Crippen LogP contribution in [0.1, 0.15) is 52.4 Å². The number of ether oxygens (including phenoxy) is 1. The Bertz CT molecular complexity index is 375. The van der Waals surface area contributed by atoms with E-state index in [1.807, 2.05) is 0 Å². The van der Waals surface area contributed by atoms with Crippen molar-refractivity contribution in [1.29, 1.82) is 0 Å². The predicted molar refractivity (Wildman–Crippen MR) is 81.1 cm³/mol. The topological polar surface area (TPSA) is 52.3 Å². The van der Waals surface area contributed by atoms with Crippen LogP contribution in [0.3, 0.4) is 0 Å². The number of rotatable bonds is 6. The lowest BCUT2D eigenvalue weighted by molar-refractivity contribution is -0.140. The van der Waals surface area contributed by atoms with E-state index < -0.39 is 0 Å². The Balaban J connectivity index is 1.67. The van der Waals surface area contributed by atoms with Gasteiger partial charge in [0.2, 0.25) is 0 Å². The maximum atomic E-state index is 11.0. The van der Waals surface area contributed by atoms with Gasteiger partial charge >= 0.3 is 5.97 Å². The number of hydrogen-bond acceptors (Lipinski definition) is 3. The van der Waals surface area contributed by atoms with E-state index in [9.17, 15) is 4.79 Å². The molecule has 0 radical (unpaired) electrons. The molecule has 0 saturated heterocycles. The first kappa shape index (κ1) is 15.6. The maximum absolute atomic E-state index is 11.0. The van der Waals surface area contributed by atoms with Gasteiger partial charge in [0.15, 0.2) is 0 Å². The minimum absolute atomic E-state index is 0.116. The number of esters is 1. The normalized spacial score (nSPS) is 34.8. The first-order chi connectivity index (χ1) is 9.46. The second-order valence-electron chi connectivity index (χ2n) is 7.11. The Hall–Kier alpha value is -0.830. The second kappa shape index (κ2) is 6.30. The minimum atomic E-state index is -0.116. The number of carbonyl (C=O) groups excluding carboxylic acids is 1. The van der Waals surface area contributed by atoms with Crippen molar-refractivity contribution in [3.8, 4) is 0 Å². The lowest BCUT2D eigenvalue weighted by Crippen LogP contribution is -2.61. The van der Waals surface area contributed by atoms with E-state index in [2.05, 4.69) is 30.7 Å². The number of fused-ring (bicyclic) bond motifs is 2. The maximum Gasteiger partial charge on any atom is 0.305 e. The molecule has 0 unspecified atom stereocenters. The minimum Gasteiger partial charge on any atom is -0.469 e. The Morgan fingerprint density at radius 3 is 2.70 bits per heavy atom. The molecule has 3 nitrogen and oxygen atoms in total. The Kier molecular flexibility index (Phi) is 4.90. The molecule has 3 fully saturated rings. The van der Waals surface area contributed by atoms with E-state index in [-0.39, 0.29) is 5.97 Å². The molecule has 0 amide bonds. The molecule has 0 spiro atoms. The lowest BCUT2D eigenvalue weighted by Gasteiger charge is -2.61. The van der Waals surface area contributed by atoms with Crippen molar-refractivity contribution < 1.29 is 9.53 Å². The number of unbranched alkanes of at least 4 members (excludes halogenated alkanes) is 1. The summed E-state index contributed by atoms with van der Waals surface area (Å²) in [6.45, 7) is 4.76. The average Bonchev–Trinajstić information content (AvgIpc) is 2.43. The monoisotopic (exact) mass is 279 g/mol. The van der Waals surface area contributed by atoms with Crippen LogP contribution in [0.15, 0.2) is 12.2 Å². The summed E-state index contributed by atoms with van der Waals surface area (Å²) < 4.78 is 4.62. The van der Waals surface area contributed by atoms with Crippen molar-refractivity contribution >= 4 is 5.97 Å². The first-order valence-corrected chi connectivity index (χ1v) is 7.94. The molecule has 0 heterocycles. The fourth-order valence-electron chi connectivity index (χ4n) is 4.07.